The number of hydrogen-bond acceptors (Lipinski definition) is 3. The lowest BCUT2D eigenvalue weighted by Gasteiger charge is -2.30. The van der Waals surface area contributed by atoms with Crippen LogP contribution in [0.25, 0.3) is 0 Å². The number of benzene rings is 2. The lowest BCUT2D eigenvalue weighted by atomic mass is 10.0. The molecule has 5 heteroatoms. The highest BCUT2D eigenvalue weighted by atomic mass is 16.2. The zero-order valence-electron chi connectivity index (χ0n) is 16.5. The van der Waals surface area contributed by atoms with Crippen LogP contribution in [0, 0.1) is 0 Å². The van der Waals surface area contributed by atoms with E-state index in [1.54, 1.807) is 17.3 Å². The zero-order chi connectivity index (χ0) is 20.5. The highest BCUT2D eigenvalue weighted by Crippen LogP contribution is 2.15. The van der Waals surface area contributed by atoms with Gasteiger partial charge < -0.3 is 10.2 Å². The summed E-state index contributed by atoms with van der Waals surface area (Å²) >= 11 is 0. The number of hydrogen-bond donors (Lipinski definition) is 1. The molecule has 148 valence electrons. The van der Waals surface area contributed by atoms with Gasteiger partial charge in [-0.1, -0.05) is 60.7 Å². The molecule has 3 aromatic rings. The smallest absolute Gasteiger partial charge is 0.243 e. The predicted octanol–water partition coefficient (Wildman–Crippen LogP) is 3.36. The molecule has 0 aliphatic heterocycles. The van der Waals surface area contributed by atoms with Gasteiger partial charge in [0.2, 0.25) is 11.8 Å². The third kappa shape index (κ3) is 6.01. The summed E-state index contributed by atoms with van der Waals surface area (Å²) in [5.41, 5.74) is 2.96. The van der Waals surface area contributed by atoms with Gasteiger partial charge in [-0.25, -0.2) is 0 Å². The van der Waals surface area contributed by atoms with Crippen LogP contribution in [0.15, 0.2) is 85.2 Å². The van der Waals surface area contributed by atoms with Crippen LogP contribution < -0.4 is 5.32 Å². The van der Waals surface area contributed by atoms with Crippen molar-refractivity contribution in [1.82, 2.24) is 15.2 Å². The standard InChI is InChI=1S/C24H25N3O2/c1-19(28)27(18-22-10-6-3-7-11-22)23(16-20-8-4-2-5-9-20)24(29)26-17-21-12-14-25-15-13-21/h2-15,23H,16-18H2,1H3,(H,26,29)/t23-/m1/s1. The summed E-state index contributed by atoms with van der Waals surface area (Å²) in [6, 6.07) is 22.6. The number of rotatable bonds is 8. The molecule has 0 bridgehead atoms. The summed E-state index contributed by atoms with van der Waals surface area (Å²) in [5, 5.41) is 2.98. The molecule has 0 fully saturated rings. The maximum absolute atomic E-state index is 13.1. The van der Waals surface area contributed by atoms with Gasteiger partial charge in [-0.2, -0.15) is 0 Å². The zero-order valence-corrected chi connectivity index (χ0v) is 16.5. The predicted molar refractivity (Wildman–Crippen MR) is 113 cm³/mol. The Kier molecular flexibility index (Phi) is 7.11. The first kappa shape index (κ1) is 20.3. The minimum absolute atomic E-state index is 0.131. The van der Waals surface area contributed by atoms with E-state index >= 15 is 0 Å². The molecule has 2 amide bonds. The van der Waals surface area contributed by atoms with Crippen molar-refractivity contribution >= 4 is 11.8 Å². The van der Waals surface area contributed by atoms with Crippen LogP contribution in [0.4, 0.5) is 0 Å². The van der Waals surface area contributed by atoms with E-state index in [1.807, 2.05) is 72.8 Å². The first-order chi connectivity index (χ1) is 14.1. The normalized spacial score (nSPS) is 11.5. The Labute approximate surface area is 171 Å². The van der Waals surface area contributed by atoms with Crippen LogP contribution in [0.2, 0.25) is 0 Å². The Morgan fingerprint density at radius 2 is 1.45 bits per heavy atom. The molecule has 1 atom stereocenters. The minimum atomic E-state index is -0.600. The number of carbonyl (C=O) groups is 2. The Morgan fingerprint density at radius 3 is 2.03 bits per heavy atom. The van der Waals surface area contributed by atoms with Crippen LogP contribution in [0.5, 0.6) is 0 Å². The Hall–Kier alpha value is -3.47. The molecule has 1 heterocycles. The van der Waals surface area contributed by atoms with Crippen molar-refractivity contribution in [3.05, 3.63) is 102 Å². The van der Waals surface area contributed by atoms with Crippen LogP contribution in [-0.4, -0.2) is 27.7 Å². The topological polar surface area (TPSA) is 62.3 Å². The summed E-state index contributed by atoms with van der Waals surface area (Å²) < 4.78 is 0. The van der Waals surface area contributed by atoms with Crippen molar-refractivity contribution < 1.29 is 9.59 Å². The van der Waals surface area contributed by atoms with Crippen LogP contribution in [-0.2, 0) is 29.1 Å². The summed E-state index contributed by atoms with van der Waals surface area (Å²) in [6.45, 7) is 2.29. The molecule has 2 aromatic carbocycles. The fraction of sp³-hybridized carbons (Fsp3) is 0.208. The van der Waals surface area contributed by atoms with Gasteiger partial charge in [-0.05, 0) is 28.8 Å². The van der Waals surface area contributed by atoms with E-state index in [0.717, 1.165) is 16.7 Å². The molecule has 0 unspecified atom stereocenters. The fourth-order valence-corrected chi connectivity index (χ4v) is 3.21. The molecule has 0 saturated carbocycles. The van der Waals surface area contributed by atoms with Crippen molar-refractivity contribution in [3.63, 3.8) is 0 Å². The molecule has 29 heavy (non-hydrogen) atoms. The molecular weight excluding hydrogens is 362 g/mol. The van der Waals surface area contributed by atoms with Gasteiger partial charge in [0.05, 0.1) is 0 Å². The third-order valence-corrected chi connectivity index (χ3v) is 4.77. The van der Waals surface area contributed by atoms with E-state index in [2.05, 4.69) is 10.3 Å². The Bertz CT molecular complexity index is 915. The number of nitrogens with one attached hydrogen (secondary N) is 1. The lowest BCUT2D eigenvalue weighted by molar-refractivity contribution is -0.139. The maximum atomic E-state index is 13.1. The first-order valence-electron chi connectivity index (χ1n) is 9.65. The van der Waals surface area contributed by atoms with E-state index < -0.39 is 6.04 Å². The molecule has 0 spiro atoms. The van der Waals surface area contributed by atoms with E-state index in [4.69, 9.17) is 0 Å². The molecule has 0 aliphatic rings. The monoisotopic (exact) mass is 387 g/mol. The molecule has 1 N–H and O–H groups in total. The highest BCUT2D eigenvalue weighted by Gasteiger charge is 2.28. The molecule has 1 aromatic heterocycles. The second kappa shape index (κ2) is 10.2. The molecule has 0 radical (unpaired) electrons. The van der Waals surface area contributed by atoms with Crippen molar-refractivity contribution in [2.45, 2.75) is 32.5 Å². The van der Waals surface area contributed by atoms with Gasteiger partial charge in [0.1, 0.15) is 6.04 Å². The number of pyridine rings is 1. The number of amides is 2. The van der Waals surface area contributed by atoms with Crippen LogP contribution in [0.1, 0.15) is 23.6 Å². The van der Waals surface area contributed by atoms with E-state index in [0.29, 0.717) is 19.5 Å². The van der Waals surface area contributed by atoms with E-state index in [1.165, 1.54) is 6.92 Å². The minimum Gasteiger partial charge on any atom is -0.350 e. The number of aromatic nitrogens is 1. The van der Waals surface area contributed by atoms with Gasteiger partial charge in [0.25, 0.3) is 0 Å². The summed E-state index contributed by atoms with van der Waals surface area (Å²) in [7, 11) is 0. The van der Waals surface area contributed by atoms with Crippen molar-refractivity contribution in [1.29, 1.82) is 0 Å². The molecule has 0 saturated heterocycles. The average molecular weight is 387 g/mol. The van der Waals surface area contributed by atoms with E-state index in [9.17, 15) is 9.59 Å². The molecule has 3 rings (SSSR count). The molecule has 5 nitrogen and oxygen atoms in total. The molecule has 0 aliphatic carbocycles. The molecular formula is C24H25N3O2. The second-order valence-electron chi connectivity index (χ2n) is 6.91. The van der Waals surface area contributed by atoms with Crippen LogP contribution in [0.3, 0.4) is 0 Å². The van der Waals surface area contributed by atoms with Crippen molar-refractivity contribution in [2.24, 2.45) is 0 Å². The largest absolute Gasteiger partial charge is 0.350 e. The summed E-state index contributed by atoms with van der Waals surface area (Å²) in [6.07, 6.45) is 3.84. The third-order valence-electron chi connectivity index (χ3n) is 4.77. The average Bonchev–Trinajstić information content (AvgIpc) is 2.76. The lowest BCUT2D eigenvalue weighted by Crippen LogP contribution is -2.49. The maximum Gasteiger partial charge on any atom is 0.243 e. The second-order valence-corrected chi connectivity index (χ2v) is 6.91. The first-order valence-corrected chi connectivity index (χ1v) is 9.65. The fourth-order valence-electron chi connectivity index (χ4n) is 3.21. The Balaban J connectivity index is 1.81. The van der Waals surface area contributed by atoms with Gasteiger partial charge in [-0.3, -0.25) is 14.6 Å². The van der Waals surface area contributed by atoms with Crippen molar-refractivity contribution in [2.75, 3.05) is 0 Å². The quantitative estimate of drug-likeness (QED) is 0.645. The Morgan fingerprint density at radius 1 is 0.862 bits per heavy atom. The van der Waals surface area contributed by atoms with Crippen molar-refractivity contribution in [3.8, 4) is 0 Å². The van der Waals surface area contributed by atoms with Crippen LogP contribution >= 0.6 is 0 Å². The van der Waals surface area contributed by atoms with Gasteiger partial charge in [0.15, 0.2) is 0 Å². The number of carbonyl (C=O) groups excluding carboxylic acids is 2. The number of nitrogens with zero attached hydrogens (tertiary/aromatic N) is 2. The summed E-state index contributed by atoms with van der Waals surface area (Å²) in [4.78, 5) is 31.3. The van der Waals surface area contributed by atoms with Gasteiger partial charge in [-0.15, -0.1) is 0 Å². The summed E-state index contributed by atoms with van der Waals surface area (Å²) in [5.74, 6) is -0.300. The van der Waals surface area contributed by atoms with Gasteiger partial charge in [0, 0.05) is 38.8 Å². The highest BCUT2D eigenvalue weighted by molar-refractivity contribution is 5.87. The van der Waals surface area contributed by atoms with E-state index in [-0.39, 0.29) is 11.8 Å². The van der Waals surface area contributed by atoms with Gasteiger partial charge >= 0.3 is 0 Å². The SMILES string of the molecule is CC(=O)N(Cc1ccccc1)[C@H](Cc1ccccc1)C(=O)NCc1ccncc1.